The number of carbonyl (C=O) groups is 1. The smallest absolute Gasteiger partial charge is 0.426 e. The molecule has 0 N–H and O–H groups in total. The van der Waals surface area contributed by atoms with Crippen LogP contribution in [0.15, 0.2) is 0 Å². The zero-order chi connectivity index (χ0) is 12.1. The molecular weight excluding hydrogens is 252 g/mol. The van der Waals surface area contributed by atoms with Crippen LogP contribution in [-0.2, 0) is 31.1 Å². The van der Waals surface area contributed by atoms with Gasteiger partial charge in [-0.05, 0) is 0 Å². The Morgan fingerprint density at radius 2 is 1.38 bits per heavy atom. The molecule has 5 nitrogen and oxygen atoms in total. The van der Waals surface area contributed by atoms with E-state index in [1.54, 1.807) is 13.8 Å². The third-order valence-electron chi connectivity index (χ3n) is 2.25. The average Bonchev–Trinajstić information content (AvgIpc) is 2.58. The first-order valence-corrected chi connectivity index (χ1v) is 8.11. The monoisotopic (exact) mass is 268 g/mol. The van der Waals surface area contributed by atoms with E-state index in [9.17, 15) is 13.2 Å². The Hall–Kier alpha value is -0.430. The zero-order valence-electron chi connectivity index (χ0n) is 9.34. The van der Waals surface area contributed by atoms with Crippen LogP contribution >= 0.6 is 0 Å². The maximum Gasteiger partial charge on any atom is 0.509 e. The minimum atomic E-state index is -1.03. The quantitative estimate of drug-likeness (QED) is 0.653. The fourth-order valence-electron chi connectivity index (χ4n) is 1.31. The molecular formula is C9H16O5S2. The highest BCUT2D eigenvalue weighted by Gasteiger charge is 2.38. The molecule has 7 heteroatoms. The van der Waals surface area contributed by atoms with E-state index in [1.807, 2.05) is 0 Å². The highest BCUT2D eigenvalue weighted by molar-refractivity contribution is 7.85. The van der Waals surface area contributed by atoms with Gasteiger partial charge in [-0.2, -0.15) is 0 Å². The first kappa shape index (κ1) is 13.6. The van der Waals surface area contributed by atoms with Crippen LogP contribution in [0.5, 0.6) is 0 Å². The van der Waals surface area contributed by atoms with Gasteiger partial charge in [-0.15, -0.1) is 0 Å². The van der Waals surface area contributed by atoms with E-state index < -0.39 is 40.0 Å². The van der Waals surface area contributed by atoms with E-state index in [4.69, 9.17) is 9.47 Å². The normalized spacial score (nSPS) is 28.2. The molecule has 1 aliphatic rings. The Kier molecular flexibility index (Phi) is 5.40. The van der Waals surface area contributed by atoms with Gasteiger partial charge in [0.25, 0.3) is 0 Å². The van der Waals surface area contributed by atoms with Crippen LogP contribution in [0.1, 0.15) is 13.8 Å². The second-order valence-corrected chi connectivity index (χ2v) is 6.93. The molecule has 0 saturated carbocycles. The van der Waals surface area contributed by atoms with Gasteiger partial charge in [0.1, 0.15) is 0 Å². The van der Waals surface area contributed by atoms with E-state index in [0.717, 1.165) is 0 Å². The van der Waals surface area contributed by atoms with Gasteiger partial charge in [0.15, 0.2) is 12.2 Å². The SMILES string of the molecule is CCS(=O)CC1OC(=O)OC1CS(=O)CC. The number of hydrogen-bond acceptors (Lipinski definition) is 5. The van der Waals surface area contributed by atoms with Gasteiger partial charge in [-0.25, -0.2) is 4.79 Å². The van der Waals surface area contributed by atoms with Gasteiger partial charge in [0.05, 0.1) is 11.5 Å². The lowest BCUT2D eigenvalue weighted by atomic mass is 10.3. The third-order valence-corrected chi connectivity index (χ3v) is 4.94. The van der Waals surface area contributed by atoms with E-state index in [-0.39, 0.29) is 11.5 Å². The van der Waals surface area contributed by atoms with Gasteiger partial charge in [-0.3, -0.25) is 8.42 Å². The summed E-state index contributed by atoms with van der Waals surface area (Å²) < 4.78 is 32.5. The van der Waals surface area contributed by atoms with Crippen molar-refractivity contribution in [2.75, 3.05) is 23.0 Å². The standard InChI is InChI=1S/C9H16O5S2/c1-3-15(11)5-7-8(6-16(12)4-2)14-9(10)13-7/h7-8H,3-6H2,1-2H3. The van der Waals surface area contributed by atoms with E-state index in [2.05, 4.69) is 0 Å². The molecule has 0 aromatic carbocycles. The molecule has 0 radical (unpaired) electrons. The summed E-state index contributed by atoms with van der Waals surface area (Å²) in [4.78, 5) is 11.0. The van der Waals surface area contributed by atoms with Gasteiger partial charge >= 0.3 is 6.16 Å². The number of carbonyl (C=O) groups excluding carboxylic acids is 1. The number of cyclic esters (lactones) is 2. The topological polar surface area (TPSA) is 69.7 Å². The minimum Gasteiger partial charge on any atom is -0.426 e. The van der Waals surface area contributed by atoms with Gasteiger partial charge in [-0.1, -0.05) is 13.8 Å². The molecule has 1 fully saturated rings. The van der Waals surface area contributed by atoms with Crippen LogP contribution < -0.4 is 0 Å². The largest absolute Gasteiger partial charge is 0.509 e. The highest BCUT2D eigenvalue weighted by Crippen LogP contribution is 2.17. The fourth-order valence-corrected chi connectivity index (χ4v) is 3.08. The number of rotatable bonds is 6. The molecule has 1 rings (SSSR count). The molecule has 0 aliphatic carbocycles. The summed E-state index contributed by atoms with van der Waals surface area (Å²) in [6.45, 7) is 3.60. The van der Waals surface area contributed by atoms with Crippen molar-refractivity contribution in [3.8, 4) is 0 Å². The third kappa shape index (κ3) is 3.86. The second-order valence-electron chi connectivity index (χ2n) is 3.35. The molecule has 1 heterocycles. The van der Waals surface area contributed by atoms with Crippen molar-refractivity contribution in [3.63, 3.8) is 0 Å². The summed E-state index contributed by atoms with van der Waals surface area (Å²) in [5.41, 5.74) is 0. The van der Waals surface area contributed by atoms with Gasteiger partial charge in [0, 0.05) is 33.1 Å². The van der Waals surface area contributed by atoms with Crippen molar-refractivity contribution in [2.24, 2.45) is 0 Å². The van der Waals surface area contributed by atoms with Crippen molar-refractivity contribution in [2.45, 2.75) is 26.1 Å². The first-order chi connectivity index (χ1) is 7.56. The van der Waals surface area contributed by atoms with Crippen molar-refractivity contribution < 1.29 is 22.7 Å². The summed E-state index contributed by atoms with van der Waals surface area (Å²) >= 11 is 0. The van der Waals surface area contributed by atoms with Crippen LogP contribution in [-0.4, -0.2) is 49.8 Å². The first-order valence-electron chi connectivity index (χ1n) is 5.14. The Morgan fingerprint density at radius 1 is 1.00 bits per heavy atom. The lowest BCUT2D eigenvalue weighted by molar-refractivity contribution is 0.119. The van der Waals surface area contributed by atoms with E-state index in [0.29, 0.717) is 11.5 Å². The molecule has 0 spiro atoms. The predicted octanol–water partition coefficient (Wildman–Crippen LogP) is 0.428. The molecule has 4 atom stereocenters. The van der Waals surface area contributed by atoms with Crippen molar-refractivity contribution in [1.82, 2.24) is 0 Å². The summed E-state index contributed by atoms with van der Waals surface area (Å²) in [5.74, 6) is 1.54. The number of hydrogen-bond donors (Lipinski definition) is 0. The van der Waals surface area contributed by atoms with Crippen molar-refractivity contribution in [3.05, 3.63) is 0 Å². The molecule has 0 amide bonds. The van der Waals surface area contributed by atoms with Crippen molar-refractivity contribution >= 4 is 27.8 Å². The van der Waals surface area contributed by atoms with Crippen LogP contribution in [0, 0.1) is 0 Å². The Morgan fingerprint density at radius 3 is 1.69 bits per heavy atom. The lowest BCUT2D eigenvalue weighted by Gasteiger charge is -2.13. The maximum atomic E-state index is 11.4. The van der Waals surface area contributed by atoms with Gasteiger partial charge in [0.2, 0.25) is 0 Å². The predicted molar refractivity (Wildman–Crippen MR) is 62.2 cm³/mol. The Bertz CT molecular complexity index is 276. The van der Waals surface area contributed by atoms with Crippen molar-refractivity contribution in [1.29, 1.82) is 0 Å². The molecule has 0 aromatic rings. The van der Waals surface area contributed by atoms with Crippen LogP contribution in [0.3, 0.4) is 0 Å². The van der Waals surface area contributed by atoms with Gasteiger partial charge < -0.3 is 9.47 Å². The van der Waals surface area contributed by atoms with E-state index >= 15 is 0 Å². The van der Waals surface area contributed by atoms with Crippen LogP contribution in [0.4, 0.5) is 4.79 Å². The maximum absolute atomic E-state index is 11.4. The highest BCUT2D eigenvalue weighted by atomic mass is 32.2. The summed E-state index contributed by atoms with van der Waals surface area (Å²) in [7, 11) is -2.05. The summed E-state index contributed by atoms with van der Waals surface area (Å²) in [6, 6.07) is 0. The van der Waals surface area contributed by atoms with Crippen LogP contribution in [0.25, 0.3) is 0 Å². The number of ether oxygens (including phenoxy) is 2. The summed E-state index contributed by atoms with van der Waals surface area (Å²) in [5, 5.41) is 0. The zero-order valence-corrected chi connectivity index (χ0v) is 11.0. The molecule has 0 bridgehead atoms. The molecule has 94 valence electrons. The Balaban J connectivity index is 2.55. The van der Waals surface area contributed by atoms with Crippen LogP contribution in [0.2, 0.25) is 0 Å². The molecule has 1 aliphatic heterocycles. The fraction of sp³-hybridized carbons (Fsp3) is 0.889. The molecule has 0 aromatic heterocycles. The molecule has 4 unspecified atom stereocenters. The average molecular weight is 268 g/mol. The van der Waals surface area contributed by atoms with E-state index in [1.165, 1.54) is 0 Å². The molecule has 1 saturated heterocycles. The molecule has 16 heavy (non-hydrogen) atoms. The second kappa shape index (κ2) is 6.34. The Labute approximate surface area is 99.8 Å². The lowest BCUT2D eigenvalue weighted by Crippen LogP contribution is -2.33. The summed E-state index contributed by atoms with van der Waals surface area (Å²) in [6.07, 6.45) is -1.80. The minimum absolute atomic E-state index is 0.258.